The van der Waals surface area contributed by atoms with Crippen molar-refractivity contribution in [3.8, 4) is 0 Å². The van der Waals surface area contributed by atoms with Crippen molar-refractivity contribution in [3.05, 3.63) is 26.5 Å². The van der Waals surface area contributed by atoms with E-state index >= 15 is 0 Å². The Morgan fingerprint density at radius 1 is 1.24 bits per heavy atom. The number of sulfonamides is 1. The molecule has 2 aromatic heterocycles. The van der Waals surface area contributed by atoms with Gasteiger partial charge in [-0.2, -0.15) is 0 Å². The Morgan fingerprint density at radius 2 is 1.88 bits per heavy atom. The van der Waals surface area contributed by atoms with Gasteiger partial charge in [0, 0.05) is 17.7 Å². The summed E-state index contributed by atoms with van der Waals surface area (Å²) in [5.74, 6) is 0.398. The molecule has 0 bridgehead atoms. The van der Waals surface area contributed by atoms with Gasteiger partial charge >= 0.3 is 0 Å². The molecule has 0 amide bonds. The van der Waals surface area contributed by atoms with Crippen LogP contribution < -0.4 is 4.72 Å². The minimum Gasteiger partial charge on any atom is -0.356 e. The topological polar surface area (TPSA) is 74.8 Å². The summed E-state index contributed by atoms with van der Waals surface area (Å²) in [6.07, 6.45) is 3.60. The minimum atomic E-state index is -3.30. The molecule has 3 rings (SSSR count). The van der Waals surface area contributed by atoms with E-state index in [9.17, 15) is 8.42 Å². The third-order valence-corrected chi connectivity index (χ3v) is 8.40. The fourth-order valence-electron chi connectivity index (χ4n) is 3.21. The van der Waals surface area contributed by atoms with Crippen molar-refractivity contribution in [2.24, 2.45) is 0 Å². The zero-order chi connectivity index (χ0) is 18.4. The van der Waals surface area contributed by atoms with Gasteiger partial charge in [-0.1, -0.05) is 11.6 Å². The molecule has 2 heterocycles. The second-order valence-corrected chi connectivity index (χ2v) is 11.6. The Morgan fingerprint density at radius 3 is 2.48 bits per heavy atom. The molecule has 138 valence electrons. The Bertz CT molecular complexity index is 881. The van der Waals surface area contributed by atoms with Crippen molar-refractivity contribution in [1.82, 2.24) is 14.7 Å². The number of hydrogen-bond acceptors (Lipinski definition) is 3. The molecule has 1 aliphatic carbocycles. The van der Waals surface area contributed by atoms with Crippen LogP contribution in [-0.4, -0.2) is 29.2 Å². The average molecular weight is 496 g/mol. The van der Waals surface area contributed by atoms with Gasteiger partial charge in [0.2, 0.25) is 10.0 Å². The number of nitrogens with zero attached hydrogens (tertiary/aromatic N) is 1. The lowest BCUT2D eigenvalue weighted by Gasteiger charge is -2.31. The molecule has 0 spiro atoms. The first kappa shape index (κ1) is 19.4. The number of fused-ring (bicyclic) bond motifs is 1. The highest BCUT2D eigenvalue weighted by molar-refractivity contribution is 14.1. The third-order valence-electron chi connectivity index (χ3n) is 4.84. The first-order valence-electron chi connectivity index (χ1n) is 8.44. The van der Waals surface area contributed by atoms with Gasteiger partial charge in [0.1, 0.15) is 10.7 Å². The zero-order valence-electron chi connectivity index (χ0n) is 14.6. The molecule has 5 nitrogen and oxygen atoms in total. The quantitative estimate of drug-likeness (QED) is 0.484. The Hall–Kier alpha value is -0.380. The van der Waals surface area contributed by atoms with E-state index in [1.807, 2.05) is 6.07 Å². The molecule has 0 aliphatic heterocycles. The van der Waals surface area contributed by atoms with Crippen LogP contribution in [0.1, 0.15) is 58.1 Å². The largest absolute Gasteiger partial charge is 0.356 e. The van der Waals surface area contributed by atoms with Crippen LogP contribution in [0.2, 0.25) is 5.15 Å². The fraction of sp³-hybridized carbons (Fsp3) is 0.588. The van der Waals surface area contributed by atoms with Gasteiger partial charge in [0.05, 0.1) is 13.8 Å². The fourth-order valence-corrected chi connectivity index (χ4v) is 5.37. The number of aromatic amines is 1. The summed E-state index contributed by atoms with van der Waals surface area (Å²) >= 11 is 8.34. The van der Waals surface area contributed by atoms with Gasteiger partial charge < -0.3 is 4.98 Å². The zero-order valence-corrected chi connectivity index (χ0v) is 18.3. The molecule has 25 heavy (non-hydrogen) atoms. The lowest BCUT2D eigenvalue weighted by Crippen LogP contribution is -2.45. The second-order valence-electron chi connectivity index (χ2n) is 7.67. The lowest BCUT2D eigenvalue weighted by atomic mass is 9.84. The molecule has 0 aromatic carbocycles. The van der Waals surface area contributed by atoms with E-state index in [1.165, 1.54) is 5.69 Å². The third kappa shape index (κ3) is 3.99. The monoisotopic (exact) mass is 495 g/mol. The molecule has 2 N–H and O–H groups in total. The summed E-state index contributed by atoms with van der Waals surface area (Å²) in [6.45, 7) is 5.18. The Labute approximate surface area is 167 Å². The van der Waals surface area contributed by atoms with Crippen LogP contribution in [0.15, 0.2) is 12.1 Å². The lowest BCUT2D eigenvalue weighted by molar-refractivity contribution is 0.367. The number of H-pyrrole nitrogens is 1. The average Bonchev–Trinajstić information content (AvgIpc) is 2.83. The van der Waals surface area contributed by atoms with E-state index in [4.69, 9.17) is 11.6 Å². The highest BCUT2D eigenvalue weighted by atomic mass is 127. The smallest absolute Gasteiger partial charge is 0.216 e. The van der Waals surface area contributed by atoms with E-state index in [0.717, 1.165) is 40.3 Å². The van der Waals surface area contributed by atoms with Gasteiger partial charge in [-0.3, -0.25) is 0 Å². The maximum Gasteiger partial charge on any atom is 0.216 e. The number of aromatic nitrogens is 2. The molecule has 1 saturated carbocycles. The summed E-state index contributed by atoms with van der Waals surface area (Å²) in [6, 6.07) is 3.77. The maximum atomic E-state index is 12.3. The number of halogens is 2. The van der Waals surface area contributed by atoms with Crippen LogP contribution >= 0.6 is 34.2 Å². The highest BCUT2D eigenvalue weighted by Gasteiger charge is 2.33. The van der Waals surface area contributed by atoms with Crippen LogP contribution in [0, 0.1) is 3.57 Å². The summed E-state index contributed by atoms with van der Waals surface area (Å²) in [5, 5.41) is 0.497. The van der Waals surface area contributed by atoms with Gasteiger partial charge in [0.25, 0.3) is 0 Å². The standard InChI is InChI=1S/C17H23ClIN3O2S/c1-17(2,3)25(23,24)22-11-6-4-10(5-7-11)15-14(19)16-12(20-15)8-9-13(18)21-16/h8-11,20,22H,4-7H2,1-3H3/t10-,11-. The highest BCUT2D eigenvalue weighted by Crippen LogP contribution is 2.37. The minimum absolute atomic E-state index is 0.0232. The van der Waals surface area contributed by atoms with E-state index < -0.39 is 14.8 Å². The second kappa shape index (κ2) is 6.98. The van der Waals surface area contributed by atoms with Gasteiger partial charge in [-0.25, -0.2) is 18.1 Å². The van der Waals surface area contributed by atoms with Crippen molar-refractivity contribution in [3.63, 3.8) is 0 Å². The van der Waals surface area contributed by atoms with Crippen molar-refractivity contribution in [1.29, 1.82) is 0 Å². The molecular weight excluding hydrogens is 473 g/mol. The molecule has 0 saturated heterocycles. The SMILES string of the molecule is CC(C)(C)S(=O)(=O)N[C@H]1CC[C@H](c2[nH]c3ccc(Cl)nc3c2I)CC1. The van der Waals surface area contributed by atoms with Crippen LogP contribution in [0.5, 0.6) is 0 Å². The predicted molar refractivity (Wildman–Crippen MR) is 111 cm³/mol. The van der Waals surface area contributed by atoms with Crippen LogP contribution in [-0.2, 0) is 10.0 Å². The molecular formula is C17H23ClIN3O2S. The first-order valence-corrected chi connectivity index (χ1v) is 11.4. The summed E-state index contributed by atoms with van der Waals surface area (Å²) < 4.78 is 27.9. The molecule has 2 aromatic rings. The van der Waals surface area contributed by atoms with Crippen LogP contribution in [0.3, 0.4) is 0 Å². The van der Waals surface area contributed by atoms with E-state index in [2.05, 4.69) is 37.3 Å². The molecule has 0 atom stereocenters. The van der Waals surface area contributed by atoms with Gasteiger partial charge in [0.15, 0.2) is 0 Å². The summed E-state index contributed by atoms with van der Waals surface area (Å²) in [7, 11) is -3.30. The first-order chi connectivity index (χ1) is 11.6. The number of nitrogens with one attached hydrogen (secondary N) is 2. The van der Waals surface area contributed by atoms with E-state index in [-0.39, 0.29) is 6.04 Å². The Balaban J connectivity index is 1.72. The molecule has 8 heteroatoms. The van der Waals surface area contributed by atoms with Crippen molar-refractivity contribution in [2.75, 3.05) is 0 Å². The summed E-state index contributed by atoms with van der Waals surface area (Å²) in [4.78, 5) is 7.90. The summed E-state index contributed by atoms with van der Waals surface area (Å²) in [5.41, 5.74) is 3.11. The molecule has 0 radical (unpaired) electrons. The van der Waals surface area contributed by atoms with Crippen LogP contribution in [0.25, 0.3) is 11.0 Å². The van der Waals surface area contributed by atoms with Gasteiger partial charge in [-0.15, -0.1) is 0 Å². The predicted octanol–water partition coefficient (Wildman–Crippen LogP) is 4.57. The molecule has 1 fully saturated rings. The number of pyridine rings is 1. The number of hydrogen-bond donors (Lipinski definition) is 2. The van der Waals surface area contributed by atoms with Crippen molar-refractivity contribution < 1.29 is 8.42 Å². The van der Waals surface area contributed by atoms with Crippen LogP contribution in [0.4, 0.5) is 0 Å². The van der Waals surface area contributed by atoms with Crippen molar-refractivity contribution in [2.45, 2.75) is 63.2 Å². The van der Waals surface area contributed by atoms with E-state index in [0.29, 0.717) is 11.1 Å². The van der Waals surface area contributed by atoms with E-state index in [1.54, 1.807) is 26.8 Å². The maximum absolute atomic E-state index is 12.3. The molecule has 1 aliphatic rings. The normalized spacial score (nSPS) is 22.4. The Kier molecular flexibility index (Phi) is 5.41. The van der Waals surface area contributed by atoms with Crippen molar-refractivity contribution >= 4 is 55.2 Å². The molecule has 0 unspecified atom stereocenters. The van der Waals surface area contributed by atoms with Gasteiger partial charge in [-0.05, 0) is 81.2 Å². The number of rotatable bonds is 3.